The molecule has 2 heterocycles. The van der Waals surface area contributed by atoms with Crippen molar-refractivity contribution >= 4 is 11.9 Å². The number of hydrogen-bond acceptors (Lipinski definition) is 6. The Balaban J connectivity index is 1.60. The highest BCUT2D eigenvalue weighted by molar-refractivity contribution is 5.92. The van der Waals surface area contributed by atoms with E-state index in [0.29, 0.717) is 28.5 Å². The number of rotatable bonds is 6. The van der Waals surface area contributed by atoms with E-state index in [1.807, 2.05) is 19.1 Å². The molecule has 30 heavy (non-hydrogen) atoms. The molecule has 1 N–H and O–H groups in total. The van der Waals surface area contributed by atoms with E-state index < -0.39 is 12.0 Å². The van der Waals surface area contributed by atoms with Gasteiger partial charge in [-0.05, 0) is 37.6 Å². The lowest BCUT2D eigenvalue weighted by atomic mass is 9.96. The van der Waals surface area contributed by atoms with Gasteiger partial charge in [0, 0.05) is 11.3 Å². The highest BCUT2D eigenvalue weighted by atomic mass is 19.1. The molecule has 3 aromatic rings. The fourth-order valence-electron chi connectivity index (χ4n) is 3.40. The van der Waals surface area contributed by atoms with Crippen molar-refractivity contribution in [1.82, 2.24) is 14.8 Å². The van der Waals surface area contributed by atoms with Gasteiger partial charge in [0.15, 0.2) is 0 Å². The van der Waals surface area contributed by atoms with E-state index in [2.05, 4.69) is 15.4 Å². The van der Waals surface area contributed by atoms with Crippen molar-refractivity contribution in [2.75, 3.05) is 11.9 Å². The second-order valence-electron chi connectivity index (χ2n) is 6.76. The number of fused-ring (bicyclic) bond motifs is 1. The van der Waals surface area contributed by atoms with Gasteiger partial charge in [-0.3, -0.25) is 0 Å². The molecule has 8 heteroatoms. The normalized spacial score (nSPS) is 15.4. The zero-order valence-electron chi connectivity index (χ0n) is 16.6. The fourth-order valence-corrected chi connectivity index (χ4v) is 3.40. The third-order valence-corrected chi connectivity index (χ3v) is 4.84. The summed E-state index contributed by atoms with van der Waals surface area (Å²) in [6.45, 7) is 3.97. The Bertz CT molecular complexity index is 1090. The molecule has 1 atom stereocenters. The van der Waals surface area contributed by atoms with Crippen molar-refractivity contribution in [3.8, 4) is 5.75 Å². The number of allylic oxidation sites excluding steroid dienone is 1. The van der Waals surface area contributed by atoms with Crippen molar-refractivity contribution in [1.29, 1.82) is 0 Å². The largest absolute Gasteiger partial charge is 0.489 e. The maximum Gasteiger partial charge on any atom is 0.338 e. The number of benzene rings is 2. The van der Waals surface area contributed by atoms with Crippen LogP contribution < -0.4 is 10.1 Å². The van der Waals surface area contributed by atoms with Crippen molar-refractivity contribution in [2.45, 2.75) is 26.5 Å². The minimum atomic E-state index is -0.483. The Morgan fingerprint density at radius 2 is 1.97 bits per heavy atom. The molecule has 1 aliphatic heterocycles. The Labute approximate surface area is 173 Å². The lowest BCUT2D eigenvalue weighted by Gasteiger charge is -2.28. The minimum absolute atomic E-state index is 0.125. The van der Waals surface area contributed by atoms with Crippen LogP contribution in [0.1, 0.15) is 31.0 Å². The molecule has 0 radical (unpaired) electrons. The van der Waals surface area contributed by atoms with Gasteiger partial charge < -0.3 is 14.8 Å². The standard InChI is InChI=1S/C22H21FN4O3/c1-3-29-21(28)19-14(2)26-22-24-13-25-27(22)20(19)15-8-10-17(11-9-15)30-12-16-6-4-5-7-18(16)23/h4-11,13,20H,3,12H2,1-2H3,(H,24,25,26). The maximum atomic E-state index is 13.8. The van der Waals surface area contributed by atoms with E-state index in [0.717, 1.165) is 5.56 Å². The van der Waals surface area contributed by atoms with E-state index in [4.69, 9.17) is 9.47 Å². The van der Waals surface area contributed by atoms with E-state index in [1.165, 1.54) is 12.4 Å². The number of carbonyl (C=O) groups excluding carboxylic acids is 1. The molecule has 0 fully saturated rings. The van der Waals surface area contributed by atoms with Gasteiger partial charge in [-0.15, -0.1) is 0 Å². The zero-order valence-corrected chi connectivity index (χ0v) is 16.6. The number of esters is 1. The summed E-state index contributed by atoms with van der Waals surface area (Å²) >= 11 is 0. The van der Waals surface area contributed by atoms with Crippen LogP contribution in [0, 0.1) is 5.82 Å². The molecule has 0 spiro atoms. The smallest absolute Gasteiger partial charge is 0.338 e. The van der Waals surface area contributed by atoms with Gasteiger partial charge in [0.25, 0.3) is 0 Å². The van der Waals surface area contributed by atoms with Gasteiger partial charge >= 0.3 is 5.97 Å². The predicted molar refractivity (Wildman–Crippen MR) is 108 cm³/mol. The number of nitrogens with one attached hydrogen (secondary N) is 1. The molecule has 154 valence electrons. The number of carbonyl (C=O) groups is 1. The van der Waals surface area contributed by atoms with Gasteiger partial charge in [0.1, 0.15) is 30.5 Å². The van der Waals surface area contributed by atoms with Crippen LogP contribution in [0.4, 0.5) is 10.3 Å². The number of ether oxygens (including phenoxy) is 2. The first kappa shape index (κ1) is 19.6. The molecule has 0 aliphatic carbocycles. The van der Waals surface area contributed by atoms with Gasteiger partial charge in [0.2, 0.25) is 5.95 Å². The molecule has 2 aromatic carbocycles. The van der Waals surface area contributed by atoms with Crippen molar-refractivity contribution < 1.29 is 18.7 Å². The number of halogens is 1. The van der Waals surface area contributed by atoms with Crippen LogP contribution in [-0.2, 0) is 16.1 Å². The summed E-state index contributed by atoms with van der Waals surface area (Å²) < 4.78 is 26.4. The average Bonchev–Trinajstić information content (AvgIpc) is 3.21. The summed E-state index contributed by atoms with van der Waals surface area (Å²) in [6, 6.07) is 13.3. The maximum absolute atomic E-state index is 13.8. The van der Waals surface area contributed by atoms with E-state index in [-0.39, 0.29) is 19.0 Å². The molecule has 7 nitrogen and oxygen atoms in total. The molecule has 0 saturated heterocycles. The first-order valence-corrected chi connectivity index (χ1v) is 9.59. The lowest BCUT2D eigenvalue weighted by molar-refractivity contribution is -0.139. The van der Waals surface area contributed by atoms with Crippen molar-refractivity contribution in [2.24, 2.45) is 0 Å². The molecule has 0 bridgehead atoms. The minimum Gasteiger partial charge on any atom is -0.489 e. The molecule has 4 rings (SSSR count). The van der Waals surface area contributed by atoms with Crippen LogP contribution in [0.25, 0.3) is 0 Å². The van der Waals surface area contributed by atoms with Crippen molar-refractivity contribution in [3.63, 3.8) is 0 Å². The molecule has 1 unspecified atom stereocenters. The predicted octanol–water partition coefficient (Wildman–Crippen LogP) is 3.85. The summed E-state index contributed by atoms with van der Waals surface area (Å²) in [7, 11) is 0. The Kier molecular flexibility index (Phi) is 5.47. The second-order valence-corrected chi connectivity index (χ2v) is 6.76. The Morgan fingerprint density at radius 3 is 2.70 bits per heavy atom. The number of anilines is 1. The first-order chi connectivity index (χ1) is 14.6. The second kappa shape index (κ2) is 8.36. The number of hydrogen-bond donors (Lipinski definition) is 1. The van der Waals surface area contributed by atoms with Gasteiger partial charge in [-0.1, -0.05) is 30.3 Å². The van der Waals surface area contributed by atoms with E-state index >= 15 is 0 Å². The SMILES string of the molecule is CCOC(=O)C1=C(C)Nc2ncnn2C1c1ccc(OCc2ccccc2F)cc1. The fraction of sp³-hybridized carbons (Fsp3) is 0.227. The number of aromatic nitrogens is 3. The highest BCUT2D eigenvalue weighted by Crippen LogP contribution is 2.35. The quantitative estimate of drug-likeness (QED) is 0.625. The van der Waals surface area contributed by atoms with Gasteiger partial charge in [-0.2, -0.15) is 10.1 Å². The summed E-state index contributed by atoms with van der Waals surface area (Å²) in [6.07, 6.45) is 1.43. The molecular weight excluding hydrogens is 387 g/mol. The van der Waals surface area contributed by atoms with E-state index in [9.17, 15) is 9.18 Å². The van der Waals surface area contributed by atoms with Gasteiger partial charge in [-0.25, -0.2) is 13.9 Å². The van der Waals surface area contributed by atoms with Crippen molar-refractivity contribution in [3.05, 3.63) is 83.1 Å². The van der Waals surface area contributed by atoms with Crippen LogP contribution >= 0.6 is 0 Å². The average molecular weight is 408 g/mol. The van der Waals surface area contributed by atoms with Crippen LogP contribution in [0.15, 0.2) is 66.1 Å². The van der Waals surface area contributed by atoms with Crippen LogP contribution in [0.3, 0.4) is 0 Å². The Morgan fingerprint density at radius 1 is 1.20 bits per heavy atom. The Hall–Kier alpha value is -3.68. The molecule has 1 aromatic heterocycles. The summed E-state index contributed by atoms with van der Waals surface area (Å²) in [5.41, 5.74) is 2.44. The molecular formula is C22H21FN4O3. The zero-order chi connectivity index (χ0) is 21.1. The van der Waals surface area contributed by atoms with Gasteiger partial charge in [0.05, 0.1) is 12.2 Å². The topological polar surface area (TPSA) is 78.3 Å². The number of nitrogens with zero attached hydrogens (tertiary/aromatic N) is 3. The first-order valence-electron chi connectivity index (χ1n) is 9.59. The summed E-state index contributed by atoms with van der Waals surface area (Å²) in [5.74, 6) is 0.425. The highest BCUT2D eigenvalue weighted by Gasteiger charge is 2.34. The third-order valence-electron chi connectivity index (χ3n) is 4.84. The lowest BCUT2D eigenvalue weighted by Crippen LogP contribution is -2.29. The molecule has 1 aliphatic rings. The summed E-state index contributed by atoms with van der Waals surface area (Å²) in [5, 5.41) is 7.37. The summed E-state index contributed by atoms with van der Waals surface area (Å²) in [4.78, 5) is 16.8. The molecule has 0 saturated carbocycles. The van der Waals surface area contributed by atoms with Crippen LogP contribution in [-0.4, -0.2) is 27.3 Å². The molecule has 0 amide bonds. The monoisotopic (exact) mass is 408 g/mol. The van der Waals surface area contributed by atoms with Crippen LogP contribution in [0.5, 0.6) is 5.75 Å². The van der Waals surface area contributed by atoms with E-state index in [1.54, 1.807) is 41.9 Å². The van der Waals surface area contributed by atoms with Crippen LogP contribution in [0.2, 0.25) is 0 Å². The third kappa shape index (κ3) is 3.76.